The Bertz CT molecular complexity index is 639. The SMILES string of the molecule is CCOC(=O)C(C(=O)OCC)C(=O)C(CC1C=COC1)c1ccccn1. The minimum atomic E-state index is -1.62. The lowest BCUT2D eigenvalue weighted by Gasteiger charge is -2.21. The molecular formula is C19H23NO6. The number of carbonyl (C=O) groups is 3. The maximum Gasteiger partial charge on any atom is 0.328 e. The fraction of sp³-hybridized carbons (Fsp3) is 0.474. The second-order valence-corrected chi connectivity index (χ2v) is 5.80. The van der Waals surface area contributed by atoms with Crippen molar-refractivity contribution < 1.29 is 28.6 Å². The number of aromatic nitrogens is 1. The molecule has 0 aliphatic carbocycles. The predicted octanol–water partition coefficient (Wildman–Crippen LogP) is 2.03. The Morgan fingerprint density at radius 1 is 1.19 bits per heavy atom. The van der Waals surface area contributed by atoms with Gasteiger partial charge in [0.05, 0.1) is 37.7 Å². The first-order valence-corrected chi connectivity index (χ1v) is 8.64. The summed E-state index contributed by atoms with van der Waals surface area (Å²) in [5.41, 5.74) is 0.497. The number of nitrogens with zero attached hydrogens (tertiary/aromatic N) is 1. The van der Waals surface area contributed by atoms with Crippen LogP contribution in [0.25, 0.3) is 0 Å². The van der Waals surface area contributed by atoms with Gasteiger partial charge in [-0.25, -0.2) is 0 Å². The number of rotatable bonds is 9. The minimum absolute atomic E-state index is 0.00371. The van der Waals surface area contributed by atoms with E-state index < -0.39 is 29.6 Å². The molecule has 2 heterocycles. The monoisotopic (exact) mass is 361 g/mol. The van der Waals surface area contributed by atoms with Gasteiger partial charge < -0.3 is 14.2 Å². The summed E-state index contributed by atoms with van der Waals surface area (Å²) < 4.78 is 15.1. The molecule has 1 aliphatic heterocycles. The van der Waals surface area contributed by atoms with Gasteiger partial charge in [0.15, 0.2) is 5.78 Å². The zero-order chi connectivity index (χ0) is 18.9. The van der Waals surface area contributed by atoms with Gasteiger partial charge in [-0.1, -0.05) is 6.07 Å². The van der Waals surface area contributed by atoms with Crippen molar-refractivity contribution in [1.29, 1.82) is 0 Å². The van der Waals surface area contributed by atoms with E-state index in [-0.39, 0.29) is 19.1 Å². The molecule has 2 atom stereocenters. The van der Waals surface area contributed by atoms with Gasteiger partial charge in [0.1, 0.15) is 0 Å². The van der Waals surface area contributed by atoms with Crippen LogP contribution in [-0.4, -0.2) is 42.5 Å². The molecular weight excluding hydrogens is 338 g/mol. The maximum atomic E-state index is 13.2. The molecule has 0 spiro atoms. The van der Waals surface area contributed by atoms with E-state index in [2.05, 4.69) is 4.98 Å². The van der Waals surface area contributed by atoms with Crippen LogP contribution in [0.3, 0.4) is 0 Å². The van der Waals surface area contributed by atoms with Crippen molar-refractivity contribution in [3.63, 3.8) is 0 Å². The van der Waals surface area contributed by atoms with Gasteiger partial charge in [-0.3, -0.25) is 19.4 Å². The van der Waals surface area contributed by atoms with Crippen molar-refractivity contribution in [2.45, 2.75) is 26.2 Å². The fourth-order valence-electron chi connectivity index (χ4n) is 2.80. The highest BCUT2D eigenvalue weighted by Crippen LogP contribution is 2.29. The normalized spacial score (nSPS) is 16.8. The number of hydrogen-bond acceptors (Lipinski definition) is 7. The van der Waals surface area contributed by atoms with Crippen LogP contribution in [0.2, 0.25) is 0 Å². The molecule has 0 bridgehead atoms. The highest BCUT2D eigenvalue weighted by Gasteiger charge is 2.42. The zero-order valence-electron chi connectivity index (χ0n) is 14.9. The third-order valence-corrected chi connectivity index (χ3v) is 4.01. The first-order valence-electron chi connectivity index (χ1n) is 8.64. The summed E-state index contributed by atoms with van der Waals surface area (Å²) in [6.07, 6.45) is 5.38. The van der Waals surface area contributed by atoms with Gasteiger partial charge in [-0.05, 0) is 38.5 Å². The van der Waals surface area contributed by atoms with E-state index in [4.69, 9.17) is 14.2 Å². The smallest absolute Gasteiger partial charge is 0.328 e. The van der Waals surface area contributed by atoms with Crippen LogP contribution in [0.4, 0.5) is 0 Å². The van der Waals surface area contributed by atoms with Crippen LogP contribution in [0.5, 0.6) is 0 Å². The standard InChI is InChI=1S/C19H23NO6/c1-3-25-18(22)16(19(23)26-4-2)17(21)14(11-13-8-10-24-12-13)15-7-5-6-9-20-15/h5-10,13-14,16H,3-4,11-12H2,1-2H3. The quantitative estimate of drug-likeness (QED) is 0.491. The molecule has 0 saturated heterocycles. The molecule has 7 nitrogen and oxygen atoms in total. The van der Waals surface area contributed by atoms with Gasteiger partial charge in [0.2, 0.25) is 5.92 Å². The lowest BCUT2D eigenvalue weighted by Crippen LogP contribution is -2.38. The maximum absolute atomic E-state index is 13.2. The molecule has 140 valence electrons. The van der Waals surface area contributed by atoms with Gasteiger partial charge in [0.25, 0.3) is 0 Å². The Balaban J connectivity index is 2.32. The molecule has 0 N–H and O–H groups in total. The van der Waals surface area contributed by atoms with Gasteiger partial charge >= 0.3 is 11.9 Å². The number of ketones is 1. The summed E-state index contributed by atoms with van der Waals surface area (Å²) >= 11 is 0. The number of esters is 2. The van der Waals surface area contributed by atoms with Gasteiger partial charge in [-0.2, -0.15) is 0 Å². The zero-order valence-corrected chi connectivity index (χ0v) is 14.9. The average Bonchev–Trinajstić information content (AvgIpc) is 3.14. The molecule has 0 fully saturated rings. The molecule has 2 unspecified atom stereocenters. The van der Waals surface area contributed by atoms with E-state index in [1.165, 1.54) is 0 Å². The van der Waals surface area contributed by atoms with Crippen molar-refractivity contribution >= 4 is 17.7 Å². The van der Waals surface area contributed by atoms with Crippen LogP contribution in [0.1, 0.15) is 31.9 Å². The van der Waals surface area contributed by atoms with E-state index in [1.54, 1.807) is 44.5 Å². The summed E-state index contributed by atoms with van der Waals surface area (Å²) in [5, 5.41) is 0. The van der Waals surface area contributed by atoms with E-state index >= 15 is 0 Å². The van der Waals surface area contributed by atoms with Crippen LogP contribution in [-0.2, 0) is 28.6 Å². The molecule has 7 heteroatoms. The minimum Gasteiger partial charge on any atom is -0.501 e. The van der Waals surface area contributed by atoms with E-state index in [9.17, 15) is 14.4 Å². The Morgan fingerprint density at radius 3 is 2.38 bits per heavy atom. The van der Waals surface area contributed by atoms with Crippen LogP contribution >= 0.6 is 0 Å². The summed E-state index contributed by atoms with van der Waals surface area (Å²) in [7, 11) is 0. The first kappa shape index (κ1) is 19.6. The molecule has 1 aliphatic rings. The Labute approximate surface area is 152 Å². The van der Waals surface area contributed by atoms with E-state index in [0.29, 0.717) is 18.7 Å². The van der Waals surface area contributed by atoms with Crippen molar-refractivity contribution in [1.82, 2.24) is 4.98 Å². The summed E-state index contributed by atoms with van der Waals surface area (Å²) in [4.78, 5) is 41.9. The molecule has 1 aromatic heterocycles. The van der Waals surface area contributed by atoms with Crippen LogP contribution < -0.4 is 0 Å². The third-order valence-electron chi connectivity index (χ3n) is 4.01. The van der Waals surface area contributed by atoms with Crippen molar-refractivity contribution in [3.05, 3.63) is 42.4 Å². The number of Topliss-reactive ketones (excluding diaryl/α,β-unsaturated/α-hetero) is 1. The number of ether oxygens (including phenoxy) is 3. The van der Waals surface area contributed by atoms with Crippen molar-refractivity contribution in [2.75, 3.05) is 19.8 Å². The summed E-state index contributed by atoms with van der Waals surface area (Å²) in [6, 6.07) is 5.20. The fourth-order valence-corrected chi connectivity index (χ4v) is 2.80. The molecule has 0 radical (unpaired) electrons. The Hall–Kier alpha value is -2.70. The van der Waals surface area contributed by atoms with Gasteiger partial charge in [0, 0.05) is 12.1 Å². The molecule has 1 aromatic rings. The molecule has 0 amide bonds. The molecule has 2 rings (SSSR count). The lowest BCUT2D eigenvalue weighted by atomic mass is 9.83. The summed E-state index contributed by atoms with van der Waals surface area (Å²) in [6.45, 7) is 3.80. The number of carbonyl (C=O) groups excluding carboxylic acids is 3. The molecule has 0 saturated carbocycles. The topological polar surface area (TPSA) is 91.8 Å². The predicted molar refractivity (Wildman–Crippen MR) is 91.9 cm³/mol. The highest BCUT2D eigenvalue weighted by molar-refractivity contribution is 6.16. The molecule has 26 heavy (non-hydrogen) atoms. The lowest BCUT2D eigenvalue weighted by molar-refractivity contribution is -0.164. The molecule has 0 aromatic carbocycles. The number of pyridine rings is 1. The largest absolute Gasteiger partial charge is 0.501 e. The third kappa shape index (κ3) is 4.91. The Kier molecular flexibility index (Phi) is 7.32. The van der Waals surface area contributed by atoms with E-state index in [0.717, 1.165) is 0 Å². The number of hydrogen-bond donors (Lipinski definition) is 0. The second kappa shape index (κ2) is 9.70. The highest BCUT2D eigenvalue weighted by atomic mass is 16.6. The summed E-state index contributed by atoms with van der Waals surface area (Å²) in [5.74, 6) is -4.72. The first-order chi connectivity index (χ1) is 12.6. The Morgan fingerprint density at radius 2 is 1.88 bits per heavy atom. The van der Waals surface area contributed by atoms with Crippen LogP contribution in [0.15, 0.2) is 36.7 Å². The second-order valence-electron chi connectivity index (χ2n) is 5.80. The average molecular weight is 361 g/mol. The van der Waals surface area contributed by atoms with Crippen molar-refractivity contribution in [3.8, 4) is 0 Å². The van der Waals surface area contributed by atoms with Gasteiger partial charge in [-0.15, -0.1) is 0 Å². The van der Waals surface area contributed by atoms with E-state index in [1.807, 2.05) is 6.08 Å². The van der Waals surface area contributed by atoms with Crippen LogP contribution in [0, 0.1) is 11.8 Å². The van der Waals surface area contributed by atoms with Crippen molar-refractivity contribution in [2.24, 2.45) is 11.8 Å².